The lowest BCUT2D eigenvalue weighted by Crippen LogP contribution is -1.86. The summed E-state index contributed by atoms with van der Waals surface area (Å²) in [6, 6.07) is 71.8. The van der Waals surface area contributed by atoms with Gasteiger partial charge in [-0.05, 0) is 133 Å². The fourth-order valence-electron chi connectivity index (χ4n) is 8.63. The molecule has 0 nitrogen and oxygen atoms in total. The monoisotopic (exact) mass is 656 g/mol. The Morgan fingerprint density at radius 2 is 0.385 bits per heavy atom. The average Bonchev–Trinajstić information content (AvgIpc) is 3.23. The van der Waals surface area contributed by atoms with Gasteiger partial charge in [0.1, 0.15) is 0 Å². The van der Waals surface area contributed by atoms with Gasteiger partial charge in [0.25, 0.3) is 0 Å². The second kappa shape index (κ2) is 11.4. The van der Waals surface area contributed by atoms with Crippen molar-refractivity contribution >= 4 is 75.4 Å². The molecule has 0 heterocycles. The molecule has 52 heavy (non-hydrogen) atoms. The molecule has 11 aromatic carbocycles. The van der Waals surface area contributed by atoms with Gasteiger partial charge in [0.15, 0.2) is 0 Å². The molecule has 0 atom stereocenters. The van der Waals surface area contributed by atoms with Gasteiger partial charge >= 0.3 is 0 Å². The van der Waals surface area contributed by atoms with Gasteiger partial charge in [-0.25, -0.2) is 0 Å². The Bertz CT molecular complexity index is 3150. The summed E-state index contributed by atoms with van der Waals surface area (Å²) in [7, 11) is 0. The zero-order valence-electron chi connectivity index (χ0n) is 28.5. The first-order valence-corrected chi connectivity index (χ1v) is 18.1. The van der Waals surface area contributed by atoms with E-state index < -0.39 is 0 Å². The van der Waals surface area contributed by atoms with Crippen molar-refractivity contribution in [2.75, 3.05) is 0 Å². The van der Waals surface area contributed by atoms with Crippen molar-refractivity contribution in [2.45, 2.75) is 0 Å². The van der Waals surface area contributed by atoms with Crippen LogP contribution in [-0.2, 0) is 0 Å². The lowest BCUT2D eigenvalue weighted by molar-refractivity contribution is 1.61. The van der Waals surface area contributed by atoms with E-state index in [4.69, 9.17) is 0 Å². The zero-order valence-corrected chi connectivity index (χ0v) is 28.5. The van der Waals surface area contributed by atoms with Gasteiger partial charge in [0, 0.05) is 0 Å². The largest absolute Gasteiger partial charge is 0.0616 e. The van der Waals surface area contributed by atoms with E-state index >= 15 is 0 Å². The quantitative estimate of drug-likeness (QED) is 0.166. The molecule has 0 aliphatic rings. The van der Waals surface area contributed by atoms with E-state index in [2.05, 4.69) is 194 Å². The van der Waals surface area contributed by atoms with E-state index in [-0.39, 0.29) is 0 Å². The normalized spacial score (nSPS) is 11.8. The van der Waals surface area contributed by atoms with Crippen LogP contribution in [-0.4, -0.2) is 0 Å². The van der Waals surface area contributed by atoms with Gasteiger partial charge in [-0.15, -0.1) is 0 Å². The number of benzene rings is 11. The van der Waals surface area contributed by atoms with E-state index in [9.17, 15) is 0 Å². The topological polar surface area (TPSA) is 0 Å². The van der Waals surface area contributed by atoms with Gasteiger partial charge in [-0.3, -0.25) is 0 Å². The maximum Gasteiger partial charge on any atom is -0.00928 e. The molecule has 0 aromatic heterocycles. The molecule has 0 N–H and O–H groups in total. The van der Waals surface area contributed by atoms with Crippen LogP contribution in [0.15, 0.2) is 194 Å². The summed E-state index contributed by atoms with van der Waals surface area (Å²) in [6.07, 6.45) is 0. The highest BCUT2D eigenvalue weighted by molar-refractivity contribution is 6.27. The van der Waals surface area contributed by atoms with Crippen LogP contribution in [0.2, 0.25) is 0 Å². The Morgan fingerprint density at radius 3 is 0.750 bits per heavy atom. The van der Waals surface area contributed by atoms with Crippen LogP contribution in [0.25, 0.3) is 109 Å². The molecule has 11 rings (SSSR count). The fourth-order valence-corrected chi connectivity index (χ4v) is 8.63. The van der Waals surface area contributed by atoms with Gasteiger partial charge in [0.05, 0.1) is 0 Å². The number of hydrogen-bond donors (Lipinski definition) is 0. The Labute approximate surface area is 301 Å². The minimum absolute atomic E-state index is 1.22. The lowest BCUT2D eigenvalue weighted by atomic mass is 9.91. The molecule has 0 saturated heterocycles. The van der Waals surface area contributed by atoms with Crippen molar-refractivity contribution in [3.05, 3.63) is 194 Å². The molecule has 0 bridgehead atoms. The smallest absolute Gasteiger partial charge is 0.00928 e. The molecule has 11 aromatic rings. The first-order chi connectivity index (χ1) is 25.8. The van der Waals surface area contributed by atoms with Crippen LogP contribution in [0, 0.1) is 0 Å². The van der Waals surface area contributed by atoms with Crippen LogP contribution < -0.4 is 0 Å². The first kappa shape index (κ1) is 29.0. The maximum atomic E-state index is 2.38. The van der Waals surface area contributed by atoms with E-state index in [0.717, 1.165) is 0 Å². The predicted molar refractivity (Wildman–Crippen MR) is 225 cm³/mol. The number of rotatable bonds is 3. The average molecular weight is 657 g/mol. The van der Waals surface area contributed by atoms with Gasteiger partial charge in [-0.2, -0.15) is 0 Å². The number of fused-ring (bicyclic) bond motifs is 13. The fraction of sp³-hybridized carbons (Fsp3) is 0. The molecule has 0 amide bonds. The Balaban J connectivity index is 0.937. The molecule has 0 saturated carbocycles. The first-order valence-electron chi connectivity index (χ1n) is 18.1. The molecule has 0 unspecified atom stereocenters. The van der Waals surface area contributed by atoms with Crippen molar-refractivity contribution in [1.82, 2.24) is 0 Å². The summed E-state index contributed by atoms with van der Waals surface area (Å²) in [5, 5.41) is 18.2. The maximum absolute atomic E-state index is 2.38. The highest BCUT2D eigenvalue weighted by Crippen LogP contribution is 2.39. The lowest BCUT2D eigenvalue weighted by Gasteiger charge is -2.13. The van der Waals surface area contributed by atoms with Crippen molar-refractivity contribution < 1.29 is 0 Å². The molecule has 0 fully saturated rings. The Kier molecular flexibility index (Phi) is 6.35. The van der Waals surface area contributed by atoms with Crippen molar-refractivity contribution in [1.29, 1.82) is 0 Å². The second-order valence-corrected chi connectivity index (χ2v) is 14.1. The third-order valence-corrected chi connectivity index (χ3v) is 11.2. The number of hydrogen-bond acceptors (Lipinski definition) is 0. The highest BCUT2D eigenvalue weighted by Gasteiger charge is 2.12. The summed E-state index contributed by atoms with van der Waals surface area (Å²) in [6.45, 7) is 0. The van der Waals surface area contributed by atoms with Crippen molar-refractivity contribution in [3.8, 4) is 33.4 Å². The SMILES string of the molecule is c1ccc2c(c1)c1ccccc1c1cc(-c3ccc(-c4ccc5cc(-c6ccc7c8ccccc8c8ccccc8c7c6)ccc5c4)cc3)ccc21. The van der Waals surface area contributed by atoms with Crippen molar-refractivity contribution in [3.63, 3.8) is 0 Å². The van der Waals surface area contributed by atoms with Gasteiger partial charge in [-0.1, -0.05) is 170 Å². The highest BCUT2D eigenvalue weighted by atomic mass is 14.2. The third-order valence-electron chi connectivity index (χ3n) is 11.2. The van der Waals surface area contributed by atoms with E-state index in [1.54, 1.807) is 0 Å². The Morgan fingerprint density at radius 1 is 0.154 bits per heavy atom. The molecule has 0 heteroatoms. The minimum atomic E-state index is 1.22. The van der Waals surface area contributed by atoms with Crippen LogP contribution in [0.4, 0.5) is 0 Å². The molecular weight excluding hydrogens is 625 g/mol. The predicted octanol–water partition coefficient (Wildman–Crippen LogP) is 14.8. The molecule has 0 aliphatic heterocycles. The molecule has 0 spiro atoms. The molecule has 0 radical (unpaired) electrons. The third kappa shape index (κ3) is 4.48. The molecule has 240 valence electrons. The zero-order chi connectivity index (χ0) is 34.2. The molecular formula is C52H32. The summed E-state index contributed by atoms with van der Waals surface area (Å²) < 4.78 is 0. The van der Waals surface area contributed by atoms with Crippen LogP contribution in [0.1, 0.15) is 0 Å². The van der Waals surface area contributed by atoms with Gasteiger partial charge in [0.2, 0.25) is 0 Å². The summed E-state index contributed by atoms with van der Waals surface area (Å²) in [5.74, 6) is 0. The standard InChI is InChI=1S/C52H32/c1-3-13-45-41(9-1)43-11-5-7-15-47(43)51-31-39(25-27-49(45)51)34-19-17-33(18-20-34)35-21-22-37-30-38(24-23-36(37)29-35)40-26-28-50-46-14-4-2-10-42(46)44-12-6-8-16-48(44)52(50)32-40/h1-32H. The van der Waals surface area contributed by atoms with Crippen LogP contribution in [0.5, 0.6) is 0 Å². The van der Waals surface area contributed by atoms with Crippen molar-refractivity contribution in [2.24, 2.45) is 0 Å². The van der Waals surface area contributed by atoms with E-state index in [1.165, 1.54) is 109 Å². The summed E-state index contributed by atoms with van der Waals surface area (Å²) in [4.78, 5) is 0. The van der Waals surface area contributed by atoms with E-state index in [1.807, 2.05) is 0 Å². The second-order valence-electron chi connectivity index (χ2n) is 14.1. The van der Waals surface area contributed by atoms with E-state index in [0.29, 0.717) is 0 Å². The van der Waals surface area contributed by atoms with Gasteiger partial charge < -0.3 is 0 Å². The minimum Gasteiger partial charge on any atom is -0.0616 e. The van der Waals surface area contributed by atoms with Crippen LogP contribution >= 0.6 is 0 Å². The summed E-state index contributed by atoms with van der Waals surface area (Å²) >= 11 is 0. The molecule has 0 aliphatic carbocycles. The Hall–Kier alpha value is -6.76. The summed E-state index contributed by atoms with van der Waals surface area (Å²) in [5.41, 5.74) is 7.39. The van der Waals surface area contributed by atoms with Crippen LogP contribution in [0.3, 0.4) is 0 Å².